The predicted molar refractivity (Wildman–Crippen MR) is 82.5 cm³/mol. The van der Waals surface area contributed by atoms with Crippen LogP contribution in [0.15, 0.2) is 0 Å². The molecule has 2 N–H and O–H groups in total. The minimum Gasteiger partial charge on any atom is -0.341 e. The molecule has 0 bridgehead atoms. The topological polar surface area (TPSA) is 49.6 Å². The lowest BCUT2D eigenvalue weighted by Crippen LogP contribution is -2.51. The van der Waals surface area contributed by atoms with Gasteiger partial charge < -0.3 is 10.6 Å². The fourth-order valence-electron chi connectivity index (χ4n) is 3.70. The standard InChI is InChI=1S/C16H31N3O/c1-3-4-7-15(17)16(20)18-11-8-14(9-12-18)19-10-5-6-13(19)2/h13-15H,3-12,17H2,1-2H3/t13-,15-/m1/s1. The molecule has 2 atom stereocenters. The average molecular weight is 281 g/mol. The second-order valence-electron chi connectivity index (χ2n) is 6.53. The Labute approximate surface area is 123 Å². The van der Waals surface area contributed by atoms with Crippen molar-refractivity contribution >= 4 is 5.91 Å². The van der Waals surface area contributed by atoms with Gasteiger partial charge >= 0.3 is 0 Å². The second kappa shape index (κ2) is 7.41. The van der Waals surface area contributed by atoms with Crippen molar-refractivity contribution in [3.63, 3.8) is 0 Å². The maximum atomic E-state index is 12.3. The lowest BCUT2D eigenvalue weighted by Gasteiger charge is -2.39. The van der Waals surface area contributed by atoms with Crippen LogP contribution in [0.5, 0.6) is 0 Å². The third-order valence-corrected chi connectivity index (χ3v) is 5.04. The molecule has 0 spiro atoms. The Kier molecular flexibility index (Phi) is 5.85. The smallest absolute Gasteiger partial charge is 0.239 e. The van der Waals surface area contributed by atoms with Crippen LogP contribution in [0, 0.1) is 0 Å². The number of carbonyl (C=O) groups is 1. The van der Waals surface area contributed by atoms with E-state index >= 15 is 0 Å². The molecule has 0 radical (unpaired) electrons. The van der Waals surface area contributed by atoms with Crippen molar-refractivity contribution in [2.45, 2.75) is 76.9 Å². The number of rotatable bonds is 5. The van der Waals surface area contributed by atoms with Crippen LogP contribution in [-0.4, -0.2) is 53.5 Å². The molecule has 1 amide bonds. The van der Waals surface area contributed by atoms with Gasteiger partial charge in [0.25, 0.3) is 0 Å². The Morgan fingerprint density at radius 1 is 1.25 bits per heavy atom. The van der Waals surface area contributed by atoms with Crippen molar-refractivity contribution in [3.8, 4) is 0 Å². The number of nitrogens with zero attached hydrogens (tertiary/aromatic N) is 2. The van der Waals surface area contributed by atoms with Gasteiger partial charge in [0.2, 0.25) is 5.91 Å². The highest BCUT2D eigenvalue weighted by molar-refractivity contribution is 5.81. The highest BCUT2D eigenvalue weighted by Crippen LogP contribution is 2.25. The fraction of sp³-hybridized carbons (Fsp3) is 0.938. The van der Waals surface area contributed by atoms with E-state index in [0.29, 0.717) is 6.04 Å². The second-order valence-corrected chi connectivity index (χ2v) is 6.53. The van der Waals surface area contributed by atoms with E-state index in [9.17, 15) is 4.79 Å². The Balaban J connectivity index is 1.77. The first-order valence-corrected chi connectivity index (χ1v) is 8.43. The van der Waals surface area contributed by atoms with E-state index in [1.807, 2.05) is 4.90 Å². The molecule has 2 saturated heterocycles. The predicted octanol–water partition coefficient (Wildman–Crippen LogP) is 1.98. The Morgan fingerprint density at radius 3 is 2.50 bits per heavy atom. The third-order valence-electron chi connectivity index (χ3n) is 5.04. The van der Waals surface area contributed by atoms with E-state index in [1.165, 1.54) is 19.4 Å². The highest BCUT2D eigenvalue weighted by atomic mass is 16.2. The lowest BCUT2D eigenvalue weighted by atomic mass is 10.0. The minimum absolute atomic E-state index is 0.173. The van der Waals surface area contributed by atoms with E-state index in [0.717, 1.165) is 51.2 Å². The van der Waals surface area contributed by atoms with Crippen LogP contribution in [0.2, 0.25) is 0 Å². The van der Waals surface area contributed by atoms with Gasteiger partial charge in [-0.15, -0.1) is 0 Å². The number of hydrogen-bond donors (Lipinski definition) is 1. The van der Waals surface area contributed by atoms with Gasteiger partial charge in [0, 0.05) is 25.2 Å². The number of hydrogen-bond acceptors (Lipinski definition) is 3. The Morgan fingerprint density at radius 2 is 1.95 bits per heavy atom. The molecule has 20 heavy (non-hydrogen) atoms. The molecule has 4 heteroatoms. The summed E-state index contributed by atoms with van der Waals surface area (Å²) >= 11 is 0. The Bertz CT molecular complexity index is 313. The van der Waals surface area contributed by atoms with Gasteiger partial charge in [0.1, 0.15) is 0 Å². The van der Waals surface area contributed by atoms with Crippen LogP contribution < -0.4 is 5.73 Å². The maximum Gasteiger partial charge on any atom is 0.239 e. The van der Waals surface area contributed by atoms with E-state index in [4.69, 9.17) is 5.73 Å². The van der Waals surface area contributed by atoms with Crippen molar-refractivity contribution in [1.82, 2.24) is 9.80 Å². The summed E-state index contributed by atoms with van der Waals surface area (Å²) < 4.78 is 0. The van der Waals surface area contributed by atoms with Crippen LogP contribution in [-0.2, 0) is 4.79 Å². The molecule has 0 aromatic carbocycles. The zero-order valence-electron chi connectivity index (χ0n) is 13.2. The molecule has 2 fully saturated rings. The summed E-state index contributed by atoms with van der Waals surface area (Å²) in [6, 6.07) is 1.13. The molecule has 116 valence electrons. The molecule has 0 saturated carbocycles. The van der Waals surface area contributed by atoms with Crippen LogP contribution >= 0.6 is 0 Å². The molecule has 0 unspecified atom stereocenters. The summed E-state index contributed by atoms with van der Waals surface area (Å²) in [4.78, 5) is 16.9. The Hall–Kier alpha value is -0.610. The molecule has 2 rings (SSSR count). The first kappa shape index (κ1) is 15.8. The molecule has 0 aromatic rings. The summed E-state index contributed by atoms with van der Waals surface area (Å²) in [5.74, 6) is 0.173. The molecular formula is C16H31N3O. The third kappa shape index (κ3) is 3.73. The monoisotopic (exact) mass is 281 g/mol. The van der Waals surface area contributed by atoms with Gasteiger partial charge in [-0.05, 0) is 45.6 Å². The fourth-order valence-corrected chi connectivity index (χ4v) is 3.70. The van der Waals surface area contributed by atoms with E-state index < -0.39 is 0 Å². The van der Waals surface area contributed by atoms with Crippen LogP contribution in [0.4, 0.5) is 0 Å². The highest BCUT2D eigenvalue weighted by Gasteiger charge is 2.32. The van der Waals surface area contributed by atoms with Crippen LogP contribution in [0.3, 0.4) is 0 Å². The molecular weight excluding hydrogens is 250 g/mol. The molecule has 0 aromatic heterocycles. The minimum atomic E-state index is -0.280. The van der Waals surface area contributed by atoms with Gasteiger partial charge in [-0.2, -0.15) is 0 Å². The molecule has 2 heterocycles. The number of piperidine rings is 1. The van der Waals surface area contributed by atoms with Gasteiger partial charge in [-0.3, -0.25) is 9.69 Å². The molecule has 2 aliphatic heterocycles. The number of likely N-dealkylation sites (tertiary alicyclic amines) is 2. The summed E-state index contributed by atoms with van der Waals surface area (Å²) in [5, 5.41) is 0. The van der Waals surface area contributed by atoms with Gasteiger partial charge in [0.15, 0.2) is 0 Å². The number of carbonyl (C=O) groups excluding carboxylic acids is 1. The zero-order chi connectivity index (χ0) is 14.5. The van der Waals surface area contributed by atoms with Gasteiger partial charge in [-0.25, -0.2) is 0 Å². The first-order chi connectivity index (χ1) is 9.63. The quantitative estimate of drug-likeness (QED) is 0.838. The van der Waals surface area contributed by atoms with Crippen LogP contribution in [0.1, 0.15) is 58.8 Å². The summed E-state index contributed by atoms with van der Waals surface area (Å²) in [6.07, 6.45) is 7.90. The first-order valence-electron chi connectivity index (χ1n) is 8.43. The lowest BCUT2D eigenvalue weighted by molar-refractivity contribution is -0.134. The summed E-state index contributed by atoms with van der Waals surface area (Å²) in [6.45, 7) is 7.51. The summed E-state index contributed by atoms with van der Waals surface area (Å²) in [7, 11) is 0. The van der Waals surface area contributed by atoms with Gasteiger partial charge in [0.05, 0.1) is 6.04 Å². The van der Waals surface area contributed by atoms with Crippen molar-refractivity contribution in [2.24, 2.45) is 5.73 Å². The van der Waals surface area contributed by atoms with Gasteiger partial charge in [-0.1, -0.05) is 19.8 Å². The largest absolute Gasteiger partial charge is 0.341 e. The van der Waals surface area contributed by atoms with Crippen molar-refractivity contribution in [3.05, 3.63) is 0 Å². The molecule has 0 aliphatic carbocycles. The zero-order valence-corrected chi connectivity index (χ0v) is 13.2. The maximum absolute atomic E-state index is 12.3. The summed E-state index contributed by atoms with van der Waals surface area (Å²) in [5.41, 5.74) is 6.01. The van der Waals surface area contributed by atoms with Crippen molar-refractivity contribution < 1.29 is 4.79 Å². The van der Waals surface area contributed by atoms with E-state index in [-0.39, 0.29) is 11.9 Å². The van der Waals surface area contributed by atoms with E-state index in [1.54, 1.807) is 0 Å². The van der Waals surface area contributed by atoms with E-state index in [2.05, 4.69) is 18.7 Å². The van der Waals surface area contributed by atoms with Crippen molar-refractivity contribution in [1.29, 1.82) is 0 Å². The molecule has 2 aliphatic rings. The average Bonchev–Trinajstić information content (AvgIpc) is 2.90. The number of amides is 1. The normalized spacial score (nSPS) is 26.9. The van der Waals surface area contributed by atoms with Crippen molar-refractivity contribution in [2.75, 3.05) is 19.6 Å². The number of unbranched alkanes of at least 4 members (excludes halogenated alkanes) is 1. The number of nitrogens with two attached hydrogens (primary N) is 1. The SMILES string of the molecule is CCCC[C@@H](N)C(=O)N1CCC(N2CCC[C@H]2C)CC1. The molecule has 4 nitrogen and oxygen atoms in total. The van der Waals surface area contributed by atoms with Crippen LogP contribution in [0.25, 0.3) is 0 Å².